The van der Waals surface area contributed by atoms with Gasteiger partial charge >= 0.3 is 0 Å². The lowest BCUT2D eigenvalue weighted by Gasteiger charge is -2.11. The number of Topliss-reactive ketones (excluding diaryl/α,β-unsaturated/α-hetero) is 2. The monoisotopic (exact) mass is 400 g/mol. The molecule has 3 aromatic rings. The van der Waals surface area contributed by atoms with Crippen LogP contribution < -0.4 is 10.6 Å². The number of benzene rings is 3. The van der Waals surface area contributed by atoms with Gasteiger partial charge in [-0.05, 0) is 50.2 Å². The second kappa shape index (κ2) is 8.96. The molecule has 2 N–H and O–H groups in total. The lowest BCUT2D eigenvalue weighted by molar-refractivity contribution is 0.0990. The van der Waals surface area contributed by atoms with Gasteiger partial charge in [-0.2, -0.15) is 0 Å². The van der Waals surface area contributed by atoms with Crippen LogP contribution in [0.3, 0.4) is 0 Å². The second-order valence-corrected chi connectivity index (χ2v) is 6.73. The van der Waals surface area contributed by atoms with Gasteiger partial charge in [-0.25, -0.2) is 0 Å². The normalized spacial score (nSPS) is 10.2. The van der Waals surface area contributed by atoms with Gasteiger partial charge in [-0.15, -0.1) is 0 Å². The lowest BCUT2D eigenvalue weighted by Crippen LogP contribution is -2.20. The Bertz CT molecular complexity index is 1060. The zero-order valence-electron chi connectivity index (χ0n) is 16.6. The van der Waals surface area contributed by atoms with Crippen LogP contribution in [0, 0.1) is 0 Å². The summed E-state index contributed by atoms with van der Waals surface area (Å²) >= 11 is 0. The first-order chi connectivity index (χ1) is 14.3. The summed E-state index contributed by atoms with van der Waals surface area (Å²) in [5.41, 5.74) is 2.24. The van der Waals surface area contributed by atoms with Gasteiger partial charge in [0.05, 0.1) is 11.1 Å². The van der Waals surface area contributed by atoms with E-state index >= 15 is 0 Å². The third-order valence-electron chi connectivity index (χ3n) is 4.47. The number of ketones is 2. The molecule has 0 aliphatic rings. The van der Waals surface area contributed by atoms with Crippen LogP contribution in [0.2, 0.25) is 0 Å². The summed E-state index contributed by atoms with van der Waals surface area (Å²) in [6.07, 6.45) is 0. The first-order valence-electron chi connectivity index (χ1n) is 9.29. The van der Waals surface area contributed by atoms with Crippen molar-refractivity contribution >= 4 is 34.8 Å². The van der Waals surface area contributed by atoms with Crippen LogP contribution in [0.4, 0.5) is 11.4 Å². The molecule has 0 aliphatic carbocycles. The van der Waals surface area contributed by atoms with E-state index in [1.54, 1.807) is 72.8 Å². The van der Waals surface area contributed by atoms with Crippen LogP contribution in [0.5, 0.6) is 0 Å². The third-order valence-corrected chi connectivity index (χ3v) is 4.47. The zero-order chi connectivity index (χ0) is 21.7. The average molecular weight is 400 g/mol. The van der Waals surface area contributed by atoms with Gasteiger partial charge in [0, 0.05) is 22.5 Å². The van der Waals surface area contributed by atoms with Crippen molar-refractivity contribution in [3.05, 3.63) is 95.1 Å². The van der Waals surface area contributed by atoms with Crippen molar-refractivity contribution in [2.45, 2.75) is 13.8 Å². The second-order valence-electron chi connectivity index (χ2n) is 6.73. The van der Waals surface area contributed by atoms with E-state index in [0.29, 0.717) is 22.5 Å². The number of amides is 2. The van der Waals surface area contributed by atoms with Crippen LogP contribution in [0.15, 0.2) is 72.8 Å². The van der Waals surface area contributed by atoms with Crippen molar-refractivity contribution in [2.24, 2.45) is 0 Å². The largest absolute Gasteiger partial charge is 0.322 e. The Labute approximate surface area is 173 Å². The van der Waals surface area contributed by atoms with Gasteiger partial charge in [0.1, 0.15) is 0 Å². The molecule has 0 spiro atoms. The fourth-order valence-corrected chi connectivity index (χ4v) is 2.91. The summed E-state index contributed by atoms with van der Waals surface area (Å²) in [4.78, 5) is 48.7. The Kier molecular flexibility index (Phi) is 6.17. The molecule has 30 heavy (non-hydrogen) atoms. The lowest BCUT2D eigenvalue weighted by atomic mass is 10.0. The topological polar surface area (TPSA) is 92.3 Å². The van der Waals surface area contributed by atoms with Gasteiger partial charge in [0.2, 0.25) is 0 Å². The van der Waals surface area contributed by atoms with Gasteiger partial charge in [-0.1, -0.05) is 36.4 Å². The molecule has 0 saturated heterocycles. The number of carbonyl (C=O) groups is 4. The van der Waals surface area contributed by atoms with E-state index < -0.39 is 11.8 Å². The van der Waals surface area contributed by atoms with Gasteiger partial charge < -0.3 is 10.6 Å². The number of hydrogen-bond acceptors (Lipinski definition) is 4. The molecule has 3 rings (SSSR count). The zero-order valence-corrected chi connectivity index (χ0v) is 16.6. The molecule has 3 aromatic carbocycles. The summed E-state index contributed by atoms with van der Waals surface area (Å²) in [5, 5.41) is 5.44. The van der Waals surface area contributed by atoms with Gasteiger partial charge in [-0.3, -0.25) is 19.2 Å². The Morgan fingerprint density at radius 2 is 0.967 bits per heavy atom. The van der Waals surface area contributed by atoms with Crippen LogP contribution in [-0.2, 0) is 0 Å². The van der Waals surface area contributed by atoms with Crippen LogP contribution in [0.1, 0.15) is 55.3 Å². The van der Waals surface area contributed by atoms with E-state index in [-0.39, 0.29) is 22.7 Å². The van der Waals surface area contributed by atoms with Crippen molar-refractivity contribution in [3.8, 4) is 0 Å². The third kappa shape index (κ3) is 4.86. The highest BCUT2D eigenvalue weighted by Crippen LogP contribution is 2.18. The number of rotatable bonds is 6. The smallest absolute Gasteiger partial charge is 0.256 e. The van der Waals surface area contributed by atoms with Crippen molar-refractivity contribution in [1.29, 1.82) is 0 Å². The summed E-state index contributed by atoms with van der Waals surface area (Å²) in [7, 11) is 0. The van der Waals surface area contributed by atoms with E-state index in [0.717, 1.165) is 0 Å². The standard InChI is InChI=1S/C24H20N2O4/c1-15(27)17-7-5-9-19(13-17)25-23(29)21-11-3-4-12-22(21)24(30)26-20-10-6-8-18(14-20)16(2)28/h3-14H,1-2H3,(H,25,29)(H,26,30). The molecule has 0 heterocycles. The highest BCUT2D eigenvalue weighted by atomic mass is 16.2. The molecule has 2 amide bonds. The maximum absolute atomic E-state index is 12.8. The fraction of sp³-hybridized carbons (Fsp3) is 0.0833. The molecule has 0 fully saturated rings. The Hall–Kier alpha value is -4.06. The first-order valence-corrected chi connectivity index (χ1v) is 9.29. The summed E-state index contributed by atoms with van der Waals surface area (Å²) in [5.74, 6) is -1.17. The molecule has 0 aliphatic heterocycles. The molecule has 0 bridgehead atoms. The number of anilines is 2. The van der Waals surface area contributed by atoms with Crippen molar-refractivity contribution in [1.82, 2.24) is 0 Å². The number of hydrogen-bond donors (Lipinski definition) is 2. The predicted molar refractivity (Wildman–Crippen MR) is 115 cm³/mol. The number of nitrogens with one attached hydrogen (secondary N) is 2. The van der Waals surface area contributed by atoms with E-state index in [2.05, 4.69) is 10.6 Å². The molecule has 6 heteroatoms. The fourth-order valence-electron chi connectivity index (χ4n) is 2.91. The molecular weight excluding hydrogens is 380 g/mol. The van der Waals surface area contributed by atoms with E-state index in [1.807, 2.05) is 0 Å². The molecule has 0 aromatic heterocycles. The Morgan fingerprint density at radius 1 is 0.567 bits per heavy atom. The highest BCUT2D eigenvalue weighted by Gasteiger charge is 2.17. The molecule has 0 atom stereocenters. The van der Waals surface area contributed by atoms with Crippen LogP contribution in [-0.4, -0.2) is 23.4 Å². The molecular formula is C24H20N2O4. The molecule has 0 unspecified atom stereocenters. The minimum Gasteiger partial charge on any atom is -0.322 e. The molecule has 0 saturated carbocycles. The van der Waals surface area contributed by atoms with Gasteiger partial charge in [0.15, 0.2) is 11.6 Å². The minimum absolute atomic E-state index is 0.112. The first kappa shape index (κ1) is 20.7. The highest BCUT2D eigenvalue weighted by molar-refractivity contribution is 6.15. The van der Waals surface area contributed by atoms with E-state index in [1.165, 1.54) is 13.8 Å². The van der Waals surface area contributed by atoms with Crippen LogP contribution in [0.25, 0.3) is 0 Å². The SMILES string of the molecule is CC(=O)c1cccc(NC(=O)c2ccccc2C(=O)Nc2cccc(C(C)=O)c2)c1. The maximum atomic E-state index is 12.8. The summed E-state index contributed by atoms with van der Waals surface area (Å²) < 4.78 is 0. The average Bonchev–Trinajstić information content (AvgIpc) is 2.74. The van der Waals surface area contributed by atoms with E-state index in [4.69, 9.17) is 0 Å². The minimum atomic E-state index is -0.473. The van der Waals surface area contributed by atoms with Crippen molar-refractivity contribution in [2.75, 3.05) is 10.6 Å². The van der Waals surface area contributed by atoms with Crippen molar-refractivity contribution < 1.29 is 19.2 Å². The van der Waals surface area contributed by atoms with E-state index in [9.17, 15) is 19.2 Å². The Morgan fingerprint density at radius 3 is 1.33 bits per heavy atom. The van der Waals surface area contributed by atoms with Gasteiger partial charge in [0.25, 0.3) is 11.8 Å². The Balaban J connectivity index is 1.83. The molecule has 150 valence electrons. The maximum Gasteiger partial charge on any atom is 0.256 e. The summed E-state index contributed by atoms with van der Waals surface area (Å²) in [6.45, 7) is 2.89. The predicted octanol–water partition coefficient (Wildman–Crippen LogP) is 4.60. The van der Waals surface area contributed by atoms with Crippen molar-refractivity contribution in [3.63, 3.8) is 0 Å². The number of carbonyl (C=O) groups excluding carboxylic acids is 4. The summed E-state index contributed by atoms with van der Waals surface area (Å²) in [6, 6.07) is 19.6. The molecule has 0 radical (unpaired) electrons. The quantitative estimate of drug-likeness (QED) is 0.592. The molecule has 6 nitrogen and oxygen atoms in total. The van der Waals surface area contributed by atoms with Crippen LogP contribution >= 0.6 is 0 Å².